The van der Waals surface area contributed by atoms with E-state index in [0.717, 1.165) is 4.88 Å². The molecule has 1 amide bonds. The van der Waals surface area contributed by atoms with Crippen molar-refractivity contribution in [2.75, 3.05) is 5.32 Å². The molecule has 146 valence electrons. The van der Waals surface area contributed by atoms with Crippen LogP contribution in [0.5, 0.6) is 0 Å². The average molecular weight is 399 g/mol. The first-order valence-corrected chi connectivity index (χ1v) is 9.63. The number of thiophene rings is 1. The molecule has 3 rings (SSSR count). The van der Waals surface area contributed by atoms with Crippen molar-refractivity contribution in [3.05, 3.63) is 68.8 Å². The monoisotopic (exact) mass is 399 g/mol. The molecular formula is C20H21N3O4S. The number of nitrogens with zero attached hydrogens (tertiary/aromatic N) is 2. The van der Waals surface area contributed by atoms with E-state index in [-0.39, 0.29) is 17.7 Å². The van der Waals surface area contributed by atoms with Crippen molar-refractivity contribution < 1.29 is 14.3 Å². The molecule has 2 heterocycles. The summed E-state index contributed by atoms with van der Waals surface area (Å²) >= 11 is 1.45. The topological polar surface area (TPSA) is 82.3 Å². The molecule has 0 fully saturated rings. The lowest BCUT2D eigenvalue weighted by molar-refractivity contribution is -0.152. The first-order valence-electron chi connectivity index (χ1n) is 8.75. The summed E-state index contributed by atoms with van der Waals surface area (Å²) in [7, 11) is 1.74. The average Bonchev–Trinajstić information content (AvgIpc) is 3.25. The summed E-state index contributed by atoms with van der Waals surface area (Å²) in [5.74, 6) is -1.04. The van der Waals surface area contributed by atoms with Crippen molar-refractivity contribution in [2.45, 2.75) is 26.4 Å². The van der Waals surface area contributed by atoms with Crippen LogP contribution >= 0.6 is 11.3 Å². The van der Waals surface area contributed by atoms with Crippen LogP contribution < -0.4 is 10.9 Å². The molecule has 7 nitrogen and oxygen atoms in total. The maximum absolute atomic E-state index is 12.8. The van der Waals surface area contributed by atoms with Gasteiger partial charge in [0.05, 0.1) is 17.8 Å². The number of carbonyl (C=O) groups is 2. The second-order valence-corrected chi connectivity index (χ2v) is 7.35. The first kappa shape index (κ1) is 19.6. The van der Waals surface area contributed by atoms with Gasteiger partial charge in [-0.15, -0.1) is 11.3 Å². The molecule has 0 saturated heterocycles. The Balaban J connectivity index is 1.73. The smallest absolute Gasteiger partial charge is 0.311 e. The van der Waals surface area contributed by atoms with E-state index in [9.17, 15) is 14.4 Å². The van der Waals surface area contributed by atoms with Gasteiger partial charge in [-0.1, -0.05) is 24.3 Å². The molecule has 1 N–H and O–H groups in total. The maximum atomic E-state index is 12.8. The van der Waals surface area contributed by atoms with E-state index in [4.69, 9.17) is 4.74 Å². The quantitative estimate of drug-likeness (QED) is 0.646. The van der Waals surface area contributed by atoms with Gasteiger partial charge < -0.3 is 10.1 Å². The van der Waals surface area contributed by atoms with E-state index < -0.39 is 18.0 Å². The van der Waals surface area contributed by atoms with Gasteiger partial charge in [-0.3, -0.25) is 19.1 Å². The Kier molecular flexibility index (Phi) is 5.79. The lowest BCUT2D eigenvalue weighted by atomic mass is 10.3. The largest absolute Gasteiger partial charge is 0.452 e. The molecule has 0 aliphatic heterocycles. The van der Waals surface area contributed by atoms with Gasteiger partial charge in [-0.25, -0.2) is 4.68 Å². The third kappa shape index (κ3) is 4.07. The molecule has 0 bridgehead atoms. The second kappa shape index (κ2) is 8.26. The lowest BCUT2D eigenvalue weighted by Crippen LogP contribution is -2.32. The Hall–Kier alpha value is -3.13. The molecular weight excluding hydrogens is 378 g/mol. The number of ether oxygens (including phenoxy) is 1. The van der Waals surface area contributed by atoms with Gasteiger partial charge >= 0.3 is 5.97 Å². The van der Waals surface area contributed by atoms with Crippen molar-refractivity contribution >= 4 is 28.9 Å². The number of amides is 1. The number of esters is 1. The number of aromatic nitrogens is 2. The SMILES string of the molecule is Cc1c(NC(=O)[C@@H](C)OC(=O)Cc2cccs2)c(=O)n(-c2ccccc2)n1C. The van der Waals surface area contributed by atoms with Crippen molar-refractivity contribution in [3.8, 4) is 5.69 Å². The van der Waals surface area contributed by atoms with E-state index in [0.29, 0.717) is 11.4 Å². The van der Waals surface area contributed by atoms with E-state index in [2.05, 4.69) is 5.32 Å². The predicted molar refractivity (Wildman–Crippen MR) is 108 cm³/mol. The van der Waals surface area contributed by atoms with Gasteiger partial charge in [-0.05, 0) is 37.4 Å². The highest BCUT2D eigenvalue weighted by molar-refractivity contribution is 7.10. The van der Waals surface area contributed by atoms with Gasteiger partial charge in [0.15, 0.2) is 6.10 Å². The normalized spacial score (nSPS) is 11.8. The number of nitrogens with one attached hydrogen (secondary N) is 1. The number of hydrogen-bond donors (Lipinski definition) is 1. The van der Waals surface area contributed by atoms with Gasteiger partial charge in [-0.2, -0.15) is 0 Å². The Morgan fingerprint density at radius 1 is 1.18 bits per heavy atom. The third-order valence-electron chi connectivity index (χ3n) is 4.38. The molecule has 2 aromatic heterocycles. The Bertz CT molecular complexity index is 1040. The molecule has 8 heteroatoms. The Morgan fingerprint density at radius 2 is 1.89 bits per heavy atom. The molecule has 1 aromatic carbocycles. The summed E-state index contributed by atoms with van der Waals surface area (Å²) in [5.41, 5.74) is 1.10. The van der Waals surface area contributed by atoms with E-state index in [1.807, 2.05) is 35.7 Å². The number of para-hydroxylation sites is 1. The van der Waals surface area contributed by atoms with Crippen LogP contribution in [0.25, 0.3) is 5.69 Å². The van der Waals surface area contributed by atoms with E-state index in [1.54, 1.807) is 30.8 Å². The molecule has 0 unspecified atom stereocenters. The van der Waals surface area contributed by atoms with Gasteiger partial charge in [0.1, 0.15) is 5.69 Å². The zero-order valence-corrected chi connectivity index (χ0v) is 16.7. The van der Waals surface area contributed by atoms with Crippen LogP contribution in [0.4, 0.5) is 5.69 Å². The minimum absolute atomic E-state index is 0.112. The molecule has 0 radical (unpaired) electrons. The number of rotatable bonds is 6. The van der Waals surface area contributed by atoms with Gasteiger partial charge in [0.2, 0.25) is 0 Å². The minimum Gasteiger partial charge on any atom is -0.452 e. The molecule has 0 saturated carbocycles. The molecule has 0 spiro atoms. The molecule has 28 heavy (non-hydrogen) atoms. The third-order valence-corrected chi connectivity index (χ3v) is 5.25. The number of carbonyl (C=O) groups excluding carboxylic acids is 2. The summed E-state index contributed by atoms with van der Waals surface area (Å²) in [5, 5.41) is 4.48. The summed E-state index contributed by atoms with van der Waals surface area (Å²) < 4.78 is 8.34. The zero-order chi connectivity index (χ0) is 20.3. The Labute approximate surface area is 166 Å². The fourth-order valence-electron chi connectivity index (χ4n) is 2.78. The van der Waals surface area contributed by atoms with Crippen LogP contribution in [0.1, 0.15) is 17.5 Å². The van der Waals surface area contributed by atoms with Crippen molar-refractivity contribution in [1.29, 1.82) is 0 Å². The van der Waals surface area contributed by atoms with Crippen LogP contribution in [0, 0.1) is 6.92 Å². The zero-order valence-electron chi connectivity index (χ0n) is 15.8. The van der Waals surface area contributed by atoms with Crippen molar-refractivity contribution in [1.82, 2.24) is 9.36 Å². The number of hydrogen-bond acceptors (Lipinski definition) is 5. The minimum atomic E-state index is -1.02. The summed E-state index contributed by atoms with van der Waals surface area (Å²) in [6.45, 7) is 3.22. The molecule has 0 aliphatic carbocycles. The number of anilines is 1. The highest BCUT2D eigenvalue weighted by Crippen LogP contribution is 2.15. The van der Waals surface area contributed by atoms with E-state index >= 15 is 0 Å². The molecule has 3 aromatic rings. The van der Waals surface area contributed by atoms with E-state index in [1.165, 1.54) is 22.9 Å². The Morgan fingerprint density at radius 3 is 2.54 bits per heavy atom. The maximum Gasteiger partial charge on any atom is 0.311 e. The van der Waals surface area contributed by atoms with Gasteiger partial charge in [0, 0.05) is 11.9 Å². The highest BCUT2D eigenvalue weighted by Gasteiger charge is 2.23. The van der Waals surface area contributed by atoms with Crippen LogP contribution in [0.2, 0.25) is 0 Å². The summed E-state index contributed by atoms with van der Waals surface area (Å²) in [6.07, 6.45) is -0.905. The number of benzene rings is 1. The summed E-state index contributed by atoms with van der Waals surface area (Å²) in [6, 6.07) is 12.8. The second-order valence-electron chi connectivity index (χ2n) is 6.31. The van der Waals surface area contributed by atoms with Crippen molar-refractivity contribution in [2.24, 2.45) is 7.05 Å². The van der Waals surface area contributed by atoms with Gasteiger partial charge in [0.25, 0.3) is 11.5 Å². The van der Waals surface area contributed by atoms with Crippen LogP contribution in [0.15, 0.2) is 52.6 Å². The van der Waals surface area contributed by atoms with Crippen LogP contribution in [-0.4, -0.2) is 27.3 Å². The predicted octanol–water partition coefficient (Wildman–Crippen LogP) is 2.66. The summed E-state index contributed by atoms with van der Waals surface area (Å²) in [4.78, 5) is 38.1. The molecule has 0 aliphatic rings. The van der Waals surface area contributed by atoms with Crippen molar-refractivity contribution in [3.63, 3.8) is 0 Å². The standard InChI is InChI=1S/C20H21N3O4S/c1-13-18(20(26)23(22(13)3)15-8-5-4-6-9-15)21-19(25)14(2)27-17(24)12-16-10-7-11-28-16/h4-11,14H,12H2,1-3H3,(H,21,25)/t14-/m1/s1. The first-order chi connectivity index (χ1) is 13.4. The fourth-order valence-corrected chi connectivity index (χ4v) is 3.48. The fraction of sp³-hybridized carbons (Fsp3) is 0.250. The molecule has 1 atom stereocenters. The van der Waals surface area contributed by atoms with Crippen LogP contribution in [0.3, 0.4) is 0 Å². The lowest BCUT2D eigenvalue weighted by Gasteiger charge is -2.12. The highest BCUT2D eigenvalue weighted by atomic mass is 32.1. The van der Waals surface area contributed by atoms with Crippen LogP contribution in [-0.2, 0) is 27.8 Å².